The third kappa shape index (κ3) is 5.44. The van der Waals surface area contributed by atoms with Crippen LogP contribution in [0.1, 0.15) is 31.8 Å². The quantitative estimate of drug-likeness (QED) is 0.396. The van der Waals surface area contributed by atoms with Crippen LogP contribution in [-0.2, 0) is 21.3 Å². The van der Waals surface area contributed by atoms with E-state index < -0.39 is 25.2 Å². The summed E-state index contributed by atoms with van der Waals surface area (Å²) in [7, 11) is -6.90. The van der Waals surface area contributed by atoms with Gasteiger partial charge < -0.3 is 8.23 Å². The van der Waals surface area contributed by atoms with Gasteiger partial charge >= 0.3 is 8.56 Å². The Balaban J connectivity index is 1.37. The predicted molar refractivity (Wildman–Crippen MR) is 137 cm³/mol. The number of carbonyl (C=O) groups excluding carboxylic acids is 2. The Bertz CT molecular complexity index is 1030. The van der Waals surface area contributed by atoms with Gasteiger partial charge in [0.2, 0.25) is 0 Å². The van der Waals surface area contributed by atoms with E-state index in [9.17, 15) is 9.59 Å². The number of benzene rings is 2. The highest BCUT2D eigenvalue weighted by atomic mass is 28.5. The van der Waals surface area contributed by atoms with Gasteiger partial charge in [-0.2, -0.15) is 0 Å². The van der Waals surface area contributed by atoms with Crippen LogP contribution in [0.3, 0.4) is 0 Å². The van der Waals surface area contributed by atoms with E-state index >= 15 is 0 Å². The molecular formula is C24H34N2O4Si3. The molecular weight excluding hydrogens is 465 g/mol. The zero-order valence-corrected chi connectivity index (χ0v) is 23.5. The normalized spacial score (nSPS) is 17.0. The van der Waals surface area contributed by atoms with Crippen molar-refractivity contribution in [1.82, 2.24) is 9.80 Å². The van der Waals surface area contributed by atoms with E-state index in [1.807, 2.05) is 0 Å². The molecule has 0 fully saturated rings. The lowest BCUT2D eigenvalue weighted by Gasteiger charge is -2.40. The Morgan fingerprint density at radius 2 is 1.12 bits per heavy atom. The van der Waals surface area contributed by atoms with E-state index in [2.05, 4.69) is 68.4 Å². The highest BCUT2D eigenvalue weighted by Crippen LogP contribution is 2.28. The van der Waals surface area contributed by atoms with E-state index in [0.29, 0.717) is 17.3 Å². The van der Waals surface area contributed by atoms with Crippen LogP contribution in [0.15, 0.2) is 48.5 Å². The van der Waals surface area contributed by atoms with Gasteiger partial charge in [-0.3, -0.25) is 19.4 Å². The molecule has 6 nitrogen and oxygen atoms in total. The first-order valence-electron chi connectivity index (χ1n) is 11.5. The molecule has 0 saturated carbocycles. The van der Waals surface area contributed by atoms with E-state index in [0.717, 1.165) is 19.3 Å². The third-order valence-corrected chi connectivity index (χ3v) is 16.6. The summed E-state index contributed by atoms with van der Waals surface area (Å²) in [5.74, 6) is -0.438. The summed E-state index contributed by atoms with van der Waals surface area (Å²) in [6.45, 7) is 14.8. The van der Waals surface area contributed by atoms with E-state index in [1.165, 1.54) is 16.0 Å². The first-order valence-corrected chi connectivity index (χ1v) is 20.6. The zero-order chi connectivity index (χ0) is 24.0. The molecule has 2 aromatic rings. The lowest BCUT2D eigenvalue weighted by Crippen LogP contribution is -2.58. The van der Waals surface area contributed by atoms with Crippen molar-refractivity contribution in [2.24, 2.45) is 0 Å². The average Bonchev–Trinajstić information content (AvgIpc) is 3.19. The number of hydrogen-bond acceptors (Lipinski definition) is 5. The van der Waals surface area contributed by atoms with Crippen LogP contribution in [0.5, 0.6) is 0 Å². The average molecular weight is 499 g/mol. The van der Waals surface area contributed by atoms with Gasteiger partial charge in [0.05, 0.1) is 11.1 Å². The van der Waals surface area contributed by atoms with Crippen LogP contribution < -0.4 is 0 Å². The summed E-state index contributed by atoms with van der Waals surface area (Å²) in [6, 6.07) is 15.7. The fourth-order valence-electron chi connectivity index (χ4n) is 5.23. The molecule has 4 rings (SSSR count). The van der Waals surface area contributed by atoms with Gasteiger partial charge in [0.25, 0.3) is 11.8 Å². The summed E-state index contributed by atoms with van der Waals surface area (Å²) in [4.78, 5) is 29.5. The minimum absolute atomic E-state index is 0.219. The second-order valence-corrected chi connectivity index (χ2v) is 22.9. The van der Waals surface area contributed by atoms with Crippen LogP contribution in [-0.4, -0.2) is 59.1 Å². The van der Waals surface area contributed by atoms with E-state index in [1.54, 1.807) is 24.3 Å². The summed E-state index contributed by atoms with van der Waals surface area (Å²) < 4.78 is 13.4. The largest absolute Gasteiger partial charge is 0.435 e. The maximum Gasteiger partial charge on any atom is 0.311 e. The van der Waals surface area contributed by atoms with Crippen LogP contribution >= 0.6 is 0 Å². The van der Waals surface area contributed by atoms with Crippen molar-refractivity contribution in [3.8, 4) is 0 Å². The number of nitrogens with zero attached hydrogens (tertiary/aromatic N) is 2. The molecule has 2 aliphatic rings. The van der Waals surface area contributed by atoms with E-state index in [-0.39, 0.29) is 11.8 Å². The van der Waals surface area contributed by atoms with Crippen LogP contribution in [0.25, 0.3) is 0 Å². The SMILES string of the molecule is C[Si](C)(CN1Cc2ccccc2C1)O[Si](C)(C)O[Si](C)(C)CN1C(=O)c2ccccc2C1=O. The Kier molecular flexibility index (Phi) is 6.40. The predicted octanol–water partition coefficient (Wildman–Crippen LogP) is 4.52. The van der Waals surface area contributed by atoms with Gasteiger partial charge in [-0.05, 0) is 62.5 Å². The van der Waals surface area contributed by atoms with Gasteiger partial charge in [0.15, 0.2) is 16.6 Å². The molecule has 0 bridgehead atoms. The Hall–Kier alpha value is -1.89. The number of hydrogen-bond donors (Lipinski definition) is 0. The molecule has 0 unspecified atom stereocenters. The molecule has 0 atom stereocenters. The lowest BCUT2D eigenvalue weighted by atomic mass is 10.1. The van der Waals surface area contributed by atoms with Crippen LogP contribution in [0.2, 0.25) is 39.3 Å². The number of fused-ring (bicyclic) bond motifs is 2. The van der Waals surface area contributed by atoms with Gasteiger partial charge in [-0.15, -0.1) is 0 Å². The Morgan fingerprint density at radius 3 is 1.61 bits per heavy atom. The van der Waals surface area contributed by atoms with Crippen LogP contribution in [0.4, 0.5) is 0 Å². The first-order chi connectivity index (χ1) is 15.4. The van der Waals surface area contributed by atoms with Crippen molar-refractivity contribution in [2.75, 3.05) is 12.3 Å². The summed E-state index contributed by atoms with van der Waals surface area (Å²) in [5, 5.41) is 0. The molecule has 176 valence electrons. The standard InChI is InChI=1S/C24H34N2O4Si3/c1-31(2,17-25-15-19-11-7-8-12-20(19)16-25)29-33(5,6)30-32(3,4)18-26-23(27)21-13-9-10-14-22(21)24(26)28/h7-14H,15-18H2,1-6H3. The Morgan fingerprint density at radius 1 is 0.697 bits per heavy atom. The fourth-order valence-corrected chi connectivity index (χ4v) is 19.3. The molecule has 0 radical (unpaired) electrons. The molecule has 2 aliphatic heterocycles. The number of carbonyl (C=O) groups is 2. The molecule has 0 saturated heterocycles. The first kappa shape index (κ1) is 24.2. The van der Waals surface area contributed by atoms with Crippen molar-refractivity contribution in [2.45, 2.75) is 52.4 Å². The minimum atomic E-state index is -2.47. The van der Waals surface area contributed by atoms with Crippen LogP contribution in [0, 0.1) is 0 Å². The molecule has 0 N–H and O–H groups in total. The summed E-state index contributed by atoms with van der Waals surface area (Å²) in [6.07, 6.45) is 1.28. The summed E-state index contributed by atoms with van der Waals surface area (Å²) in [5.41, 5.74) is 3.79. The lowest BCUT2D eigenvalue weighted by molar-refractivity contribution is 0.0672. The number of imide groups is 1. The molecule has 33 heavy (non-hydrogen) atoms. The van der Waals surface area contributed by atoms with Crippen molar-refractivity contribution in [3.63, 3.8) is 0 Å². The topological polar surface area (TPSA) is 59.1 Å². The van der Waals surface area contributed by atoms with Crippen molar-refractivity contribution in [3.05, 3.63) is 70.8 Å². The number of amides is 2. The monoisotopic (exact) mass is 498 g/mol. The molecule has 0 aromatic heterocycles. The van der Waals surface area contributed by atoms with Crippen molar-refractivity contribution < 1.29 is 17.8 Å². The fraction of sp³-hybridized carbons (Fsp3) is 0.417. The molecule has 0 aliphatic carbocycles. The van der Waals surface area contributed by atoms with Crippen molar-refractivity contribution in [1.29, 1.82) is 0 Å². The molecule has 0 spiro atoms. The molecule has 9 heteroatoms. The summed E-state index contributed by atoms with van der Waals surface area (Å²) >= 11 is 0. The maximum atomic E-state index is 12.8. The third-order valence-electron chi connectivity index (χ3n) is 5.97. The second-order valence-electron chi connectivity index (χ2n) is 10.8. The highest BCUT2D eigenvalue weighted by Gasteiger charge is 2.44. The smallest absolute Gasteiger partial charge is 0.311 e. The zero-order valence-electron chi connectivity index (χ0n) is 20.5. The van der Waals surface area contributed by atoms with Gasteiger partial charge in [0.1, 0.15) is 0 Å². The Labute approximate surface area is 200 Å². The minimum Gasteiger partial charge on any atom is -0.435 e. The van der Waals surface area contributed by atoms with Crippen molar-refractivity contribution >= 4 is 37.0 Å². The maximum absolute atomic E-state index is 12.8. The van der Waals surface area contributed by atoms with Gasteiger partial charge in [0, 0.05) is 25.4 Å². The molecule has 2 aromatic carbocycles. The highest BCUT2D eigenvalue weighted by molar-refractivity contribution is 6.88. The molecule has 2 heterocycles. The van der Waals surface area contributed by atoms with Gasteiger partial charge in [-0.25, -0.2) is 0 Å². The molecule has 2 amide bonds. The van der Waals surface area contributed by atoms with E-state index in [4.69, 9.17) is 8.23 Å². The second kappa shape index (κ2) is 8.71. The number of rotatable bonds is 8. The van der Waals surface area contributed by atoms with Gasteiger partial charge in [-0.1, -0.05) is 36.4 Å².